The maximum atomic E-state index is 12.9. The number of rotatable bonds is 3. The van der Waals surface area contributed by atoms with Crippen LogP contribution in [0.4, 0.5) is 0 Å². The van der Waals surface area contributed by atoms with Crippen LogP contribution in [0.1, 0.15) is 35.3 Å². The van der Waals surface area contributed by atoms with Crippen molar-refractivity contribution >= 4 is 23.4 Å². The van der Waals surface area contributed by atoms with Gasteiger partial charge in [-0.05, 0) is 24.5 Å². The largest absolute Gasteiger partial charge is 0.372 e. The second-order valence-electron chi connectivity index (χ2n) is 7.37. The smallest absolute Gasteiger partial charge is 0.271 e. The number of halogens is 1. The van der Waals surface area contributed by atoms with E-state index in [0.717, 1.165) is 5.56 Å². The quantitative estimate of drug-likeness (QED) is 0.855. The van der Waals surface area contributed by atoms with Crippen LogP contribution in [0, 0.1) is 0 Å². The first-order valence-electron chi connectivity index (χ1n) is 9.49. The van der Waals surface area contributed by atoms with E-state index in [1.54, 1.807) is 4.90 Å². The molecule has 2 aromatic rings. The van der Waals surface area contributed by atoms with E-state index in [9.17, 15) is 9.59 Å². The molecule has 0 radical (unpaired) electrons. The Bertz CT molecular complexity index is 847. The number of amides is 2. The zero-order valence-electron chi connectivity index (χ0n) is 15.6. The molecule has 2 aliphatic rings. The molecule has 7 nitrogen and oxygen atoms in total. The van der Waals surface area contributed by atoms with Crippen LogP contribution in [0.5, 0.6) is 0 Å². The molecule has 0 aliphatic carbocycles. The molecule has 2 aliphatic heterocycles. The van der Waals surface area contributed by atoms with Gasteiger partial charge in [0.15, 0.2) is 0 Å². The van der Waals surface area contributed by atoms with Crippen molar-refractivity contribution in [1.29, 1.82) is 0 Å². The molecular weight excluding hydrogens is 380 g/mol. The van der Waals surface area contributed by atoms with Crippen molar-refractivity contribution in [3.8, 4) is 0 Å². The third-order valence-corrected chi connectivity index (χ3v) is 5.97. The number of aromatic amines is 1. The van der Waals surface area contributed by atoms with Gasteiger partial charge in [0.2, 0.25) is 5.91 Å². The fraction of sp³-hybridized carbons (Fsp3) is 0.450. The Balaban J connectivity index is 1.39. The van der Waals surface area contributed by atoms with Gasteiger partial charge in [-0.2, -0.15) is 0 Å². The van der Waals surface area contributed by atoms with Crippen molar-refractivity contribution < 1.29 is 14.3 Å². The fourth-order valence-corrected chi connectivity index (χ4v) is 4.11. The Labute approximate surface area is 168 Å². The molecule has 148 valence electrons. The van der Waals surface area contributed by atoms with Crippen molar-refractivity contribution in [2.75, 3.05) is 26.2 Å². The molecule has 3 heterocycles. The third-order valence-electron chi connectivity index (χ3n) is 5.61. The van der Waals surface area contributed by atoms with E-state index >= 15 is 0 Å². The van der Waals surface area contributed by atoms with Gasteiger partial charge in [0.1, 0.15) is 5.69 Å². The van der Waals surface area contributed by atoms with Crippen LogP contribution in [0.25, 0.3) is 0 Å². The first kappa shape index (κ1) is 19.0. The van der Waals surface area contributed by atoms with E-state index < -0.39 is 5.60 Å². The SMILES string of the molecule is O=C1CC2(CCN(C(=O)c3cnc[nH]3)CC2)OCCN1Cc1ccccc1Cl. The van der Waals surface area contributed by atoms with Gasteiger partial charge >= 0.3 is 0 Å². The summed E-state index contributed by atoms with van der Waals surface area (Å²) in [7, 11) is 0. The molecule has 0 bridgehead atoms. The van der Waals surface area contributed by atoms with Crippen LogP contribution in [0.3, 0.4) is 0 Å². The molecule has 0 unspecified atom stereocenters. The van der Waals surface area contributed by atoms with Gasteiger partial charge in [0.25, 0.3) is 5.91 Å². The average molecular weight is 403 g/mol. The monoisotopic (exact) mass is 402 g/mol. The lowest BCUT2D eigenvalue weighted by atomic mass is 9.87. The van der Waals surface area contributed by atoms with E-state index in [1.165, 1.54) is 12.5 Å². The number of likely N-dealkylation sites (tertiary alicyclic amines) is 1. The van der Waals surface area contributed by atoms with E-state index in [1.807, 2.05) is 29.2 Å². The molecule has 1 spiro atoms. The Kier molecular flexibility index (Phi) is 5.37. The Morgan fingerprint density at radius 2 is 2.04 bits per heavy atom. The van der Waals surface area contributed by atoms with Crippen molar-refractivity contribution in [3.05, 3.63) is 53.1 Å². The molecular formula is C20H23ClN4O3. The number of nitrogens with zero attached hydrogens (tertiary/aromatic N) is 3. The molecule has 1 N–H and O–H groups in total. The molecule has 2 fully saturated rings. The average Bonchev–Trinajstić information content (AvgIpc) is 3.19. The van der Waals surface area contributed by atoms with E-state index in [4.69, 9.17) is 16.3 Å². The normalized spacial score (nSPS) is 19.7. The summed E-state index contributed by atoms with van der Waals surface area (Å²) in [5, 5.41) is 0.667. The van der Waals surface area contributed by atoms with Gasteiger partial charge < -0.3 is 19.5 Å². The summed E-state index contributed by atoms with van der Waals surface area (Å²) in [6, 6.07) is 7.58. The molecule has 2 amide bonds. The van der Waals surface area contributed by atoms with Crippen LogP contribution in [-0.4, -0.2) is 63.4 Å². The summed E-state index contributed by atoms with van der Waals surface area (Å²) >= 11 is 6.25. The lowest BCUT2D eigenvalue weighted by molar-refractivity contribution is -0.135. The minimum absolute atomic E-state index is 0.0624. The molecule has 1 aromatic carbocycles. The molecule has 4 rings (SSSR count). The molecule has 28 heavy (non-hydrogen) atoms. The Morgan fingerprint density at radius 1 is 1.25 bits per heavy atom. The number of carbonyl (C=O) groups excluding carboxylic acids is 2. The molecule has 0 saturated carbocycles. The number of benzene rings is 1. The van der Waals surface area contributed by atoms with E-state index in [0.29, 0.717) is 62.8 Å². The highest BCUT2D eigenvalue weighted by molar-refractivity contribution is 6.31. The predicted molar refractivity (Wildman–Crippen MR) is 104 cm³/mol. The van der Waals surface area contributed by atoms with Crippen molar-refractivity contribution in [2.45, 2.75) is 31.4 Å². The summed E-state index contributed by atoms with van der Waals surface area (Å²) < 4.78 is 6.17. The minimum atomic E-state index is -0.489. The minimum Gasteiger partial charge on any atom is -0.372 e. The Hall–Kier alpha value is -2.38. The van der Waals surface area contributed by atoms with Crippen LogP contribution >= 0.6 is 11.6 Å². The number of hydrogen-bond acceptors (Lipinski definition) is 4. The maximum Gasteiger partial charge on any atom is 0.271 e. The number of carbonyl (C=O) groups is 2. The van der Waals surface area contributed by atoms with Crippen LogP contribution < -0.4 is 0 Å². The summed E-state index contributed by atoms with van der Waals surface area (Å²) in [6.07, 6.45) is 4.67. The highest BCUT2D eigenvalue weighted by Crippen LogP contribution is 2.33. The fourth-order valence-electron chi connectivity index (χ4n) is 3.92. The highest BCUT2D eigenvalue weighted by Gasteiger charge is 2.41. The van der Waals surface area contributed by atoms with Crippen LogP contribution in [0.15, 0.2) is 36.8 Å². The number of imidazole rings is 1. The van der Waals surface area contributed by atoms with Gasteiger partial charge in [-0.1, -0.05) is 29.8 Å². The summed E-state index contributed by atoms with van der Waals surface area (Å²) in [4.78, 5) is 35.8. The number of H-pyrrole nitrogens is 1. The second-order valence-corrected chi connectivity index (χ2v) is 7.78. The number of aromatic nitrogens is 2. The molecule has 1 aromatic heterocycles. The molecule has 8 heteroatoms. The van der Waals surface area contributed by atoms with Crippen molar-refractivity contribution in [1.82, 2.24) is 19.8 Å². The first-order valence-corrected chi connectivity index (χ1v) is 9.87. The first-order chi connectivity index (χ1) is 13.6. The molecule has 2 saturated heterocycles. The van der Waals surface area contributed by atoms with Crippen LogP contribution in [-0.2, 0) is 16.1 Å². The summed E-state index contributed by atoms with van der Waals surface area (Å²) in [6.45, 7) is 2.65. The van der Waals surface area contributed by atoms with Crippen molar-refractivity contribution in [2.24, 2.45) is 0 Å². The van der Waals surface area contributed by atoms with Gasteiger partial charge in [0, 0.05) is 31.2 Å². The number of hydrogen-bond donors (Lipinski definition) is 1. The Morgan fingerprint density at radius 3 is 2.75 bits per heavy atom. The van der Waals surface area contributed by atoms with Crippen molar-refractivity contribution in [3.63, 3.8) is 0 Å². The third kappa shape index (κ3) is 3.91. The predicted octanol–water partition coefficient (Wildman–Crippen LogP) is 2.49. The zero-order chi connectivity index (χ0) is 19.6. The second kappa shape index (κ2) is 7.93. The van der Waals surface area contributed by atoms with Crippen LogP contribution in [0.2, 0.25) is 5.02 Å². The van der Waals surface area contributed by atoms with Gasteiger partial charge in [0.05, 0.1) is 31.2 Å². The topological polar surface area (TPSA) is 78.5 Å². The number of piperidine rings is 1. The zero-order valence-corrected chi connectivity index (χ0v) is 16.3. The molecule has 0 atom stereocenters. The van der Waals surface area contributed by atoms with Gasteiger partial charge in [-0.25, -0.2) is 4.98 Å². The lowest BCUT2D eigenvalue weighted by Gasteiger charge is -2.40. The highest BCUT2D eigenvalue weighted by atomic mass is 35.5. The van der Waals surface area contributed by atoms with E-state index in [2.05, 4.69) is 9.97 Å². The van der Waals surface area contributed by atoms with Gasteiger partial charge in [-0.3, -0.25) is 9.59 Å². The van der Waals surface area contributed by atoms with Gasteiger partial charge in [-0.15, -0.1) is 0 Å². The van der Waals surface area contributed by atoms with E-state index in [-0.39, 0.29) is 11.8 Å². The lowest BCUT2D eigenvalue weighted by Crippen LogP contribution is -2.49. The summed E-state index contributed by atoms with van der Waals surface area (Å²) in [5.74, 6) is 0.0124. The number of ether oxygens (including phenoxy) is 1. The maximum absolute atomic E-state index is 12.9. The number of nitrogens with one attached hydrogen (secondary N) is 1. The summed E-state index contributed by atoms with van der Waals surface area (Å²) in [5.41, 5.74) is 0.935. The standard InChI is InChI=1S/C20H23ClN4O3/c21-16-4-2-1-3-15(16)13-25-9-10-28-20(11-18(25)26)5-7-24(8-6-20)19(27)17-12-22-14-23-17/h1-4,12,14H,5-11,13H2,(H,22,23).